The topological polar surface area (TPSA) is 83.2 Å². The molecule has 0 bridgehead atoms. The molecule has 1 aliphatic carbocycles. The number of nitrogens with zero attached hydrogens (tertiary/aromatic N) is 4. The molecule has 2 heterocycles. The van der Waals surface area contributed by atoms with Crippen molar-refractivity contribution in [3.8, 4) is 6.19 Å². The summed E-state index contributed by atoms with van der Waals surface area (Å²) in [5, 5.41) is 11.7. The van der Waals surface area contributed by atoms with Crippen molar-refractivity contribution in [1.82, 2.24) is 14.5 Å². The fourth-order valence-corrected chi connectivity index (χ4v) is 2.78. The Hall–Kier alpha value is -2.59. The van der Waals surface area contributed by atoms with E-state index in [1.165, 1.54) is 0 Å². The Bertz CT molecular complexity index is 685. The Labute approximate surface area is 134 Å². The number of carbonyl (C=O) groups is 1. The highest BCUT2D eigenvalue weighted by molar-refractivity contribution is 5.92. The molecule has 1 saturated heterocycles. The molecule has 0 spiro atoms. The average molecular weight is 313 g/mol. The van der Waals surface area contributed by atoms with Crippen LogP contribution in [0.3, 0.4) is 0 Å². The van der Waals surface area contributed by atoms with Crippen molar-refractivity contribution < 1.29 is 9.53 Å². The van der Waals surface area contributed by atoms with Crippen molar-refractivity contribution in [2.75, 3.05) is 25.5 Å². The number of methoxy groups -OCH3 is 1. The van der Waals surface area contributed by atoms with Crippen LogP contribution >= 0.6 is 0 Å². The summed E-state index contributed by atoms with van der Waals surface area (Å²) < 4.78 is 7.14. The smallest absolute Gasteiger partial charge is 0.230 e. The number of nitrogens with one attached hydrogen (secondary N) is 1. The lowest BCUT2D eigenvalue weighted by molar-refractivity contribution is -0.119. The van der Waals surface area contributed by atoms with Crippen molar-refractivity contribution in [1.29, 1.82) is 5.26 Å². The third-order valence-corrected chi connectivity index (χ3v) is 4.18. The molecule has 1 aliphatic heterocycles. The maximum absolute atomic E-state index is 12.2. The van der Waals surface area contributed by atoms with Gasteiger partial charge in [0, 0.05) is 25.9 Å². The first-order valence-electron chi connectivity index (χ1n) is 7.60. The van der Waals surface area contributed by atoms with Gasteiger partial charge in [0.15, 0.2) is 12.0 Å². The second kappa shape index (κ2) is 6.67. The Morgan fingerprint density at radius 2 is 2.43 bits per heavy atom. The maximum atomic E-state index is 12.2. The Morgan fingerprint density at radius 1 is 1.57 bits per heavy atom. The molecule has 3 rings (SSSR count). The molecule has 2 atom stereocenters. The van der Waals surface area contributed by atoms with E-state index in [9.17, 15) is 4.79 Å². The number of rotatable bonds is 4. The van der Waals surface area contributed by atoms with Crippen LogP contribution in [0.5, 0.6) is 0 Å². The lowest BCUT2D eigenvalue weighted by Crippen LogP contribution is -2.25. The number of anilines is 1. The first-order valence-corrected chi connectivity index (χ1v) is 7.60. The van der Waals surface area contributed by atoms with Gasteiger partial charge in [0.05, 0.1) is 18.2 Å². The van der Waals surface area contributed by atoms with E-state index in [-0.39, 0.29) is 17.9 Å². The van der Waals surface area contributed by atoms with Crippen LogP contribution < -0.4 is 5.32 Å². The second-order valence-electron chi connectivity index (χ2n) is 5.69. The fraction of sp³-hybridized carbons (Fsp3) is 0.438. The number of imidazole rings is 1. The van der Waals surface area contributed by atoms with Crippen molar-refractivity contribution in [2.45, 2.75) is 18.9 Å². The third kappa shape index (κ3) is 3.43. The summed E-state index contributed by atoms with van der Waals surface area (Å²) in [6, 6.07) is 0. The number of nitriles is 1. The van der Waals surface area contributed by atoms with E-state index in [0.29, 0.717) is 25.3 Å². The largest absolute Gasteiger partial charge is 0.377 e. The number of allylic oxidation sites excluding steroid dienone is 2. The zero-order valence-electron chi connectivity index (χ0n) is 13.0. The van der Waals surface area contributed by atoms with Crippen LogP contribution in [-0.2, 0) is 9.53 Å². The number of ether oxygens (including phenoxy) is 1. The van der Waals surface area contributed by atoms with Gasteiger partial charge < -0.3 is 19.5 Å². The minimum Gasteiger partial charge on any atom is -0.377 e. The average Bonchev–Trinajstić information content (AvgIpc) is 3.24. The van der Waals surface area contributed by atoms with Crippen LogP contribution in [0.4, 0.5) is 5.82 Å². The number of amides is 1. The van der Waals surface area contributed by atoms with E-state index < -0.39 is 0 Å². The molecule has 0 aromatic carbocycles. The molecule has 7 heteroatoms. The van der Waals surface area contributed by atoms with E-state index in [1.54, 1.807) is 24.5 Å². The van der Waals surface area contributed by atoms with Gasteiger partial charge in [-0.05, 0) is 18.9 Å². The predicted octanol–water partition coefficient (Wildman–Crippen LogP) is 1.44. The SMILES string of the molecule is COC1C=CC(n2cnc(NC(=O)[C@H]3CCN(C#N)C3)c2)=CC1. The van der Waals surface area contributed by atoms with E-state index >= 15 is 0 Å². The molecule has 0 saturated carbocycles. The van der Waals surface area contributed by atoms with E-state index in [2.05, 4.69) is 22.6 Å². The molecular weight excluding hydrogens is 294 g/mol. The van der Waals surface area contributed by atoms with E-state index in [0.717, 1.165) is 12.1 Å². The van der Waals surface area contributed by atoms with Crippen LogP contribution in [0.2, 0.25) is 0 Å². The highest BCUT2D eigenvalue weighted by atomic mass is 16.5. The molecule has 1 unspecified atom stereocenters. The van der Waals surface area contributed by atoms with Crippen molar-refractivity contribution in [3.05, 3.63) is 30.8 Å². The molecule has 120 valence electrons. The maximum Gasteiger partial charge on any atom is 0.230 e. The van der Waals surface area contributed by atoms with Gasteiger partial charge in [-0.25, -0.2) is 4.98 Å². The lowest BCUT2D eigenvalue weighted by atomic mass is 10.1. The summed E-state index contributed by atoms with van der Waals surface area (Å²) in [4.78, 5) is 18.0. The highest BCUT2D eigenvalue weighted by Gasteiger charge is 2.28. The van der Waals surface area contributed by atoms with Gasteiger partial charge in [-0.1, -0.05) is 12.2 Å². The zero-order chi connectivity index (χ0) is 16.2. The van der Waals surface area contributed by atoms with E-state index in [4.69, 9.17) is 10.00 Å². The number of carbonyl (C=O) groups excluding carboxylic acids is 1. The molecule has 0 radical (unpaired) electrons. The first-order chi connectivity index (χ1) is 11.2. The summed E-state index contributed by atoms with van der Waals surface area (Å²) in [7, 11) is 1.69. The van der Waals surface area contributed by atoms with Crippen LogP contribution in [0.15, 0.2) is 30.8 Å². The highest BCUT2D eigenvalue weighted by Crippen LogP contribution is 2.20. The number of hydrogen-bond acceptors (Lipinski definition) is 5. The quantitative estimate of drug-likeness (QED) is 0.850. The fourth-order valence-electron chi connectivity index (χ4n) is 2.78. The summed E-state index contributed by atoms with van der Waals surface area (Å²) >= 11 is 0. The molecule has 2 aliphatic rings. The van der Waals surface area contributed by atoms with Gasteiger partial charge in [0.1, 0.15) is 6.33 Å². The van der Waals surface area contributed by atoms with Crippen molar-refractivity contribution in [3.63, 3.8) is 0 Å². The molecule has 1 aromatic rings. The van der Waals surface area contributed by atoms with Crippen molar-refractivity contribution in [2.24, 2.45) is 5.92 Å². The monoisotopic (exact) mass is 313 g/mol. The number of aromatic nitrogens is 2. The summed E-state index contributed by atoms with van der Waals surface area (Å²) in [6.45, 7) is 1.12. The van der Waals surface area contributed by atoms with Gasteiger partial charge in [0.2, 0.25) is 5.91 Å². The first kappa shape index (κ1) is 15.3. The Morgan fingerprint density at radius 3 is 3.09 bits per heavy atom. The number of hydrogen-bond donors (Lipinski definition) is 1. The van der Waals surface area contributed by atoms with Gasteiger partial charge in [-0.15, -0.1) is 0 Å². The van der Waals surface area contributed by atoms with Crippen LogP contribution in [-0.4, -0.2) is 46.7 Å². The van der Waals surface area contributed by atoms with Crippen molar-refractivity contribution >= 4 is 17.4 Å². The second-order valence-corrected chi connectivity index (χ2v) is 5.69. The van der Waals surface area contributed by atoms with Gasteiger partial charge in [0.25, 0.3) is 0 Å². The standard InChI is InChI=1S/C16H19N5O2/c1-23-14-4-2-13(3-5-14)21-9-15(18-11-21)19-16(22)12-6-7-20(8-12)10-17/h2-4,9,11-12,14H,5-8H2,1H3,(H,19,22)/t12-,14?/m0/s1. The molecular formula is C16H19N5O2. The molecule has 1 amide bonds. The Balaban J connectivity index is 1.60. The molecule has 23 heavy (non-hydrogen) atoms. The van der Waals surface area contributed by atoms with Crippen LogP contribution in [0.1, 0.15) is 12.8 Å². The van der Waals surface area contributed by atoms with Crippen LogP contribution in [0, 0.1) is 17.4 Å². The molecule has 1 fully saturated rings. The zero-order valence-corrected chi connectivity index (χ0v) is 13.0. The summed E-state index contributed by atoms with van der Waals surface area (Å²) in [5.41, 5.74) is 1.00. The normalized spacial score (nSPS) is 23.5. The van der Waals surface area contributed by atoms with Crippen LogP contribution in [0.25, 0.3) is 5.70 Å². The van der Waals surface area contributed by atoms with E-state index in [1.807, 2.05) is 16.7 Å². The van der Waals surface area contributed by atoms with Gasteiger partial charge in [-0.3, -0.25) is 4.79 Å². The lowest BCUT2D eigenvalue weighted by Gasteiger charge is -2.14. The molecule has 7 nitrogen and oxygen atoms in total. The molecule has 1 aromatic heterocycles. The predicted molar refractivity (Wildman–Crippen MR) is 85.0 cm³/mol. The Kier molecular flexibility index (Phi) is 4.44. The third-order valence-electron chi connectivity index (χ3n) is 4.18. The molecule has 1 N–H and O–H groups in total. The minimum absolute atomic E-state index is 0.0828. The number of likely N-dealkylation sites (tertiary alicyclic amines) is 1. The van der Waals surface area contributed by atoms with Gasteiger partial charge >= 0.3 is 0 Å². The summed E-state index contributed by atoms with van der Waals surface area (Å²) in [6.07, 6.45) is 13.2. The summed E-state index contributed by atoms with van der Waals surface area (Å²) in [5.74, 6) is 0.283. The minimum atomic E-state index is -0.156. The van der Waals surface area contributed by atoms with Gasteiger partial charge in [-0.2, -0.15) is 5.26 Å².